The quantitative estimate of drug-likeness (QED) is 0.274. The molecule has 3 aromatic carbocycles. The number of hydrogen-bond acceptors (Lipinski definition) is 2. The summed E-state index contributed by atoms with van der Waals surface area (Å²) in [4.78, 5) is 12.4. The lowest BCUT2D eigenvalue weighted by Gasteiger charge is -2.10. The summed E-state index contributed by atoms with van der Waals surface area (Å²) in [6, 6.07) is 22.1. The van der Waals surface area contributed by atoms with Crippen LogP contribution < -0.4 is 0 Å². The third kappa shape index (κ3) is 5.51. The van der Waals surface area contributed by atoms with E-state index in [1.165, 1.54) is 37.7 Å². The Balaban J connectivity index is 1.49. The van der Waals surface area contributed by atoms with Crippen LogP contribution in [-0.2, 0) is 17.6 Å². The average Bonchev–Trinajstić information content (AvgIpc) is 3.21. The van der Waals surface area contributed by atoms with Gasteiger partial charge in [-0.3, -0.25) is 4.79 Å². The summed E-state index contributed by atoms with van der Waals surface area (Å²) in [6.45, 7) is 4.07. The molecule has 0 radical (unpaired) electrons. The van der Waals surface area contributed by atoms with Crippen LogP contribution in [0.25, 0.3) is 20.5 Å². The molecule has 4 rings (SSSR count). The summed E-state index contributed by atoms with van der Waals surface area (Å²) in [7, 11) is 0. The van der Waals surface area contributed by atoms with Crippen molar-refractivity contribution in [1.82, 2.24) is 0 Å². The Morgan fingerprint density at radius 1 is 1.03 bits per heavy atom. The number of aryl methyl sites for hydroxylation is 2. The number of hydrogen-bond donors (Lipinski definition) is 1. The van der Waals surface area contributed by atoms with Crippen LogP contribution in [0.15, 0.2) is 66.7 Å². The molecule has 0 aliphatic heterocycles. The monoisotopic (exact) mass is 460 g/mol. The topological polar surface area (TPSA) is 37.3 Å². The summed E-state index contributed by atoms with van der Waals surface area (Å²) < 4.78 is 15.3. The van der Waals surface area contributed by atoms with Gasteiger partial charge in [-0.05, 0) is 90.1 Å². The Morgan fingerprint density at radius 2 is 1.82 bits per heavy atom. The summed E-state index contributed by atoms with van der Waals surface area (Å²) in [5, 5.41) is 10.4. The normalized spacial score (nSPS) is 12.2. The predicted octanol–water partition coefficient (Wildman–Crippen LogP) is 8.04. The highest BCUT2D eigenvalue weighted by Crippen LogP contribution is 2.36. The van der Waals surface area contributed by atoms with Gasteiger partial charge < -0.3 is 5.11 Å². The van der Waals surface area contributed by atoms with Gasteiger partial charge in [0.25, 0.3) is 0 Å². The van der Waals surface area contributed by atoms with Crippen LogP contribution in [0, 0.1) is 18.7 Å². The van der Waals surface area contributed by atoms with Crippen LogP contribution in [-0.4, -0.2) is 11.1 Å². The molecule has 1 N–H and O–H groups in total. The van der Waals surface area contributed by atoms with Gasteiger partial charge in [-0.15, -0.1) is 11.3 Å². The average molecular weight is 461 g/mol. The standard InChI is InChI=1S/C29H29FO2S/c1-3-22(29(31)32)9-6-7-20-11-13-25(19(2)15-20)28-18-24-17-21(12-14-27(24)33-28)16-23-8-4-5-10-26(23)30/h4-5,8,10-15,17-18,22H,3,6-7,9,16H2,1-2H3,(H,31,32). The van der Waals surface area contributed by atoms with Crippen LogP contribution in [0.4, 0.5) is 4.39 Å². The van der Waals surface area contributed by atoms with Gasteiger partial charge in [0.1, 0.15) is 5.82 Å². The van der Waals surface area contributed by atoms with Crippen molar-refractivity contribution in [2.75, 3.05) is 0 Å². The van der Waals surface area contributed by atoms with E-state index in [-0.39, 0.29) is 11.7 Å². The highest BCUT2D eigenvalue weighted by Gasteiger charge is 2.14. The van der Waals surface area contributed by atoms with Crippen LogP contribution in [0.5, 0.6) is 0 Å². The molecule has 0 fully saturated rings. The van der Waals surface area contributed by atoms with E-state index in [4.69, 9.17) is 0 Å². The fourth-order valence-electron chi connectivity index (χ4n) is 4.41. The summed E-state index contributed by atoms with van der Waals surface area (Å²) in [5.74, 6) is -1.09. The molecule has 0 saturated heterocycles. The zero-order valence-corrected chi connectivity index (χ0v) is 19.9. The third-order valence-electron chi connectivity index (χ3n) is 6.35. The minimum Gasteiger partial charge on any atom is -0.481 e. The van der Waals surface area contributed by atoms with E-state index in [0.29, 0.717) is 18.4 Å². The van der Waals surface area contributed by atoms with Crippen molar-refractivity contribution in [1.29, 1.82) is 0 Å². The van der Waals surface area contributed by atoms with Gasteiger partial charge in [-0.1, -0.05) is 49.4 Å². The van der Waals surface area contributed by atoms with Crippen LogP contribution in [0.1, 0.15) is 48.4 Å². The minimum atomic E-state index is -0.689. The van der Waals surface area contributed by atoms with Crippen molar-refractivity contribution >= 4 is 27.4 Å². The number of carboxylic acid groups (broad SMARTS) is 1. The molecule has 170 valence electrons. The van der Waals surface area contributed by atoms with Gasteiger partial charge in [0.05, 0.1) is 5.92 Å². The fourth-order valence-corrected chi connectivity index (χ4v) is 5.54. The highest BCUT2D eigenvalue weighted by molar-refractivity contribution is 7.22. The van der Waals surface area contributed by atoms with Crippen molar-refractivity contribution in [3.63, 3.8) is 0 Å². The maximum absolute atomic E-state index is 14.0. The van der Waals surface area contributed by atoms with E-state index in [2.05, 4.69) is 49.4 Å². The third-order valence-corrected chi connectivity index (χ3v) is 7.50. The first-order valence-electron chi connectivity index (χ1n) is 11.5. The first-order valence-corrected chi connectivity index (χ1v) is 12.3. The van der Waals surface area contributed by atoms with Crippen molar-refractivity contribution in [2.45, 2.75) is 46.0 Å². The predicted molar refractivity (Wildman–Crippen MR) is 136 cm³/mol. The SMILES string of the molecule is CCC(CCCc1ccc(-c2cc3cc(Cc4ccccc4F)ccc3s2)c(C)c1)C(=O)O. The lowest BCUT2D eigenvalue weighted by atomic mass is 9.96. The van der Waals surface area contributed by atoms with E-state index >= 15 is 0 Å². The van der Waals surface area contributed by atoms with E-state index in [9.17, 15) is 14.3 Å². The molecule has 0 spiro atoms. The smallest absolute Gasteiger partial charge is 0.306 e. The highest BCUT2D eigenvalue weighted by atomic mass is 32.1. The molecule has 4 aromatic rings. The van der Waals surface area contributed by atoms with Gasteiger partial charge in [-0.2, -0.15) is 0 Å². The lowest BCUT2D eigenvalue weighted by Crippen LogP contribution is -2.12. The second-order valence-electron chi connectivity index (χ2n) is 8.74. The molecule has 2 nitrogen and oxygen atoms in total. The number of rotatable bonds is 9. The Hall–Kier alpha value is -2.98. The van der Waals surface area contributed by atoms with E-state index < -0.39 is 5.97 Å². The molecule has 0 aliphatic rings. The summed E-state index contributed by atoms with van der Waals surface area (Å²) >= 11 is 1.78. The maximum atomic E-state index is 14.0. The molecule has 4 heteroatoms. The molecule has 33 heavy (non-hydrogen) atoms. The Morgan fingerprint density at radius 3 is 2.55 bits per heavy atom. The van der Waals surface area contributed by atoms with Crippen molar-refractivity contribution in [2.24, 2.45) is 5.92 Å². The molecule has 1 aromatic heterocycles. The van der Waals surface area contributed by atoms with Gasteiger partial charge in [0, 0.05) is 16.0 Å². The van der Waals surface area contributed by atoms with E-state index in [0.717, 1.165) is 24.8 Å². The molecule has 1 heterocycles. The van der Waals surface area contributed by atoms with Gasteiger partial charge >= 0.3 is 5.97 Å². The minimum absolute atomic E-state index is 0.160. The van der Waals surface area contributed by atoms with E-state index in [1.807, 2.05) is 19.1 Å². The van der Waals surface area contributed by atoms with Crippen LogP contribution in [0.3, 0.4) is 0 Å². The molecule has 0 bridgehead atoms. The number of thiophene rings is 1. The van der Waals surface area contributed by atoms with Crippen molar-refractivity contribution in [3.05, 3.63) is 94.8 Å². The van der Waals surface area contributed by atoms with Gasteiger partial charge in [-0.25, -0.2) is 4.39 Å². The first-order chi connectivity index (χ1) is 15.9. The molecule has 1 unspecified atom stereocenters. The van der Waals surface area contributed by atoms with Crippen LogP contribution >= 0.6 is 11.3 Å². The number of fused-ring (bicyclic) bond motifs is 1. The van der Waals surface area contributed by atoms with Crippen molar-refractivity contribution < 1.29 is 14.3 Å². The number of halogens is 1. The maximum Gasteiger partial charge on any atom is 0.306 e. The molecule has 1 atom stereocenters. The first kappa shape index (κ1) is 23.2. The Kier molecular flexibility index (Phi) is 7.24. The number of aliphatic carboxylic acids is 1. The zero-order chi connectivity index (χ0) is 23.4. The largest absolute Gasteiger partial charge is 0.481 e. The Labute approximate surface area is 198 Å². The molecule has 0 saturated carbocycles. The zero-order valence-electron chi connectivity index (χ0n) is 19.1. The van der Waals surface area contributed by atoms with E-state index in [1.54, 1.807) is 17.4 Å². The summed E-state index contributed by atoms with van der Waals surface area (Å²) in [6.07, 6.45) is 3.77. The number of benzene rings is 3. The second kappa shape index (κ2) is 10.3. The van der Waals surface area contributed by atoms with Gasteiger partial charge in [0.2, 0.25) is 0 Å². The van der Waals surface area contributed by atoms with Gasteiger partial charge in [0.15, 0.2) is 0 Å². The molecular weight excluding hydrogens is 431 g/mol. The van der Waals surface area contributed by atoms with Crippen LogP contribution in [0.2, 0.25) is 0 Å². The van der Waals surface area contributed by atoms with Crippen molar-refractivity contribution in [3.8, 4) is 10.4 Å². The summed E-state index contributed by atoms with van der Waals surface area (Å²) in [5.41, 5.74) is 5.54. The number of carboxylic acids is 1. The second-order valence-corrected chi connectivity index (χ2v) is 9.82. The lowest BCUT2D eigenvalue weighted by molar-refractivity contribution is -0.142. The Bertz CT molecular complexity index is 1270. The molecular formula is C29H29FO2S. The molecule has 0 amide bonds. The fraction of sp³-hybridized carbons (Fsp3) is 0.276. The molecule has 0 aliphatic carbocycles. The number of carbonyl (C=O) groups is 1.